The van der Waals surface area contributed by atoms with E-state index in [1.807, 2.05) is 18.2 Å². The molecule has 1 aromatic rings. The van der Waals surface area contributed by atoms with Crippen molar-refractivity contribution in [1.29, 1.82) is 0 Å². The van der Waals surface area contributed by atoms with Crippen molar-refractivity contribution in [2.45, 2.75) is 52.2 Å². The van der Waals surface area contributed by atoms with Crippen LogP contribution in [0.5, 0.6) is 5.75 Å². The molecule has 4 heteroatoms. The first-order valence-electron chi connectivity index (χ1n) is 7.68. The highest BCUT2D eigenvalue weighted by atomic mass is 16.5. The standard InChI is InChI=1S/C17H29NO3/c1-11(2)10-21-16-6-5-13(9-14(16)12(3)4)17(20)15(18)7-8-19/h5-6,9,11-12,15,17,19-20H,7-8,10,18H2,1-4H3. The lowest BCUT2D eigenvalue weighted by atomic mass is 9.94. The molecule has 0 aliphatic carbocycles. The number of ether oxygens (including phenoxy) is 1. The minimum Gasteiger partial charge on any atom is -0.493 e. The topological polar surface area (TPSA) is 75.7 Å². The molecule has 1 rings (SSSR count). The van der Waals surface area contributed by atoms with Crippen molar-refractivity contribution in [3.8, 4) is 5.75 Å². The summed E-state index contributed by atoms with van der Waals surface area (Å²) in [6.45, 7) is 9.07. The lowest BCUT2D eigenvalue weighted by Gasteiger charge is -2.21. The molecule has 0 saturated carbocycles. The summed E-state index contributed by atoms with van der Waals surface area (Å²) < 4.78 is 5.85. The van der Waals surface area contributed by atoms with Gasteiger partial charge in [0, 0.05) is 12.6 Å². The molecule has 0 bridgehead atoms. The smallest absolute Gasteiger partial charge is 0.122 e. The van der Waals surface area contributed by atoms with Gasteiger partial charge in [0.05, 0.1) is 12.7 Å². The third-order valence-electron chi connectivity index (χ3n) is 3.44. The molecule has 0 fully saturated rings. The van der Waals surface area contributed by atoms with E-state index in [4.69, 9.17) is 15.6 Å². The summed E-state index contributed by atoms with van der Waals surface area (Å²) in [4.78, 5) is 0. The van der Waals surface area contributed by atoms with Crippen LogP contribution in [0.4, 0.5) is 0 Å². The lowest BCUT2D eigenvalue weighted by Crippen LogP contribution is -2.29. The van der Waals surface area contributed by atoms with Gasteiger partial charge in [0.25, 0.3) is 0 Å². The Hall–Kier alpha value is -1.10. The average Bonchev–Trinajstić information content (AvgIpc) is 2.44. The molecule has 1 aromatic carbocycles. The van der Waals surface area contributed by atoms with Crippen molar-refractivity contribution >= 4 is 0 Å². The van der Waals surface area contributed by atoms with Gasteiger partial charge in [0.1, 0.15) is 5.75 Å². The highest BCUT2D eigenvalue weighted by Crippen LogP contribution is 2.31. The van der Waals surface area contributed by atoms with Crippen LogP contribution in [0.1, 0.15) is 57.3 Å². The summed E-state index contributed by atoms with van der Waals surface area (Å²) in [5, 5.41) is 19.2. The summed E-state index contributed by atoms with van der Waals surface area (Å²) in [5.41, 5.74) is 7.73. The number of aliphatic hydroxyl groups is 2. The third kappa shape index (κ3) is 5.30. The van der Waals surface area contributed by atoms with E-state index in [0.717, 1.165) is 16.9 Å². The predicted molar refractivity (Wildman–Crippen MR) is 85.5 cm³/mol. The van der Waals surface area contributed by atoms with Crippen LogP contribution in [0.2, 0.25) is 0 Å². The molecular weight excluding hydrogens is 266 g/mol. The number of nitrogens with two attached hydrogens (primary N) is 1. The van der Waals surface area contributed by atoms with Crippen molar-refractivity contribution in [1.82, 2.24) is 0 Å². The van der Waals surface area contributed by atoms with Gasteiger partial charge in [-0.3, -0.25) is 0 Å². The molecule has 0 saturated heterocycles. The molecule has 2 unspecified atom stereocenters. The van der Waals surface area contributed by atoms with Gasteiger partial charge in [-0.05, 0) is 41.5 Å². The van der Waals surface area contributed by atoms with Gasteiger partial charge in [-0.25, -0.2) is 0 Å². The van der Waals surface area contributed by atoms with Crippen LogP contribution in [0.25, 0.3) is 0 Å². The molecule has 4 nitrogen and oxygen atoms in total. The van der Waals surface area contributed by atoms with Crippen molar-refractivity contribution in [3.63, 3.8) is 0 Å². The van der Waals surface area contributed by atoms with Crippen molar-refractivity contribution in [3.05, 3.63) is 29.3 Å². The Balaban J connectivity index is 2.97. The lowest BCUT2D eigenvalue weighted by molar-refractivity contribution is 0.129. The van der Waals surface area contributed by atoms with E-state index < -0.39 is 12.1 Å². The zero-order chi connectivity index (χ0) is 16.0. The first-order valence-corrected chi connectivity index (χ1v) is 7.68. The summed E-state index contributed by atoms with van der Waals surface area (Å²) in [6, 6.07) is 5.26. The summed E-state index contributed by atoms with van der Waals surface area (Å²) in [5.74, 6) is 1.63. The second kappa shape index (κ2) is 8.37. The fourth-order valence-corrected chi connectivity index (χ4v) is 2.14. The van der Waals surface area contributed by atoms with Gasteiger partial charge in [0.15, 0.2) is 0 Å². The average molecular weight is 295 g/mol. The van der Waals surface area contributed by atoms with Crippen molar-refractivity contribution in [2.24, 2.45) is 11.7 Å². The van der Waals surface area contributed by atoms with Crippen LogP contribution < -0.4 is 10.5 Å². The SMILES string of the molecule is CC(C)COc1ccc(C(O)C(N)CCO)cc1C(C)C. The van der Waals surface area contributed by atoms with Crippen LogP contribution in [0.3, 0.4) is 0 Å². The van der Waals surface area contributed by atoms with E-state index in [9.17, 15) is 5.11 Å². The van der Waals surface area contributed by atoms with Crippen LogP contribution >= 0.6 is 0 Å². The zero-order valence-electron chi connectivity index (χ0n) is 13.5. The Morgan fingerprint density at radius 2 is 1.86 bits per heavy atom. The maximum atomic E-state index is 10.3. The van der Waals surface area contributed by atoms with Gasteiger partial charge in [-0.1, -0.05) is 33.8 Å². The largest absolute Gasteiger partial charge is 0.493 e. The van der Waals surface area contributed by atoms with E-state index in [1.165, 1.54) is 0 Å². The monoisotopic (exact) mass is 295 g/mol. The summed E-state index contributed by atoms with van der Waals surface area (Å²) >= 11 is 0. The Kier molecular flexibility index (Phi) is 7.15. The first kappa shape index (κ1) is 18.0. The molecule has 0 aliphatic heterocycles. The number of rotatable bonds is 8. The van der Waals surface area contributed by atoms with E-state index in [-0.39, 0.29) is 6.61 Å². The molecule has 0 spiro atoms. The zero-order valence-corrected chi connectivity index (χ0v) is 13.5. The molecular formula is C17H29NO3. The molecule has 0 amide bonds. The Bertz CT molecular complexity index is 432. The van der Waals surface area contributed by atoms with E-state index in [2.05, 4.69) is 27.7 Å². The van der Waals surface area contributed by atoms with Crippen molar-refractivity contribution < 1.29 is 14.9 Å². The second-order valence-electron chi connectivity index (χ2n) is 6.28. The minimum atomic E-state index is -0.770. The van der Waals surface area contributed by atoms with Gasteiger partial charge < -0.3 is 20.7 Å². The van der Waals surface area contributed by atoms with E-state index in [1.54, 1.807) is 0 Å². The maximum Gasteiger partial charge on any atom is 0.122 e. The van der Waals surface area contributed by atoms with Gasteiger partial charge in [-0.2, -0.15) is 0 Å². The molecule has 0 radical (unpaired) electrons. The molecule has 0 aromatic heterocycles. The Morgan fingerprint density at radius 3 is 2.38 bits per heavy atom. The highest BCUT2D eigenvalue weighted by Gasteiger charge is 2.19. The van der Waals surface area contributed by atoms with Crippen LogP contribution in [0.15, 0.2) is 18.2 Å². The van der Waals surface area contributed by atoms with Gasteiger partial charge in [-0.15, -0.1) is 0 Å². The molecule has 21 heavy (non-hydrogen) atoms. The fourth-order valence-electron chi connectivity index (χ4n) is 2.14. The fraction of sp³-hybridized carbons (Fsp3) is 0.647. The Morgan fingerprint density at radius 1 is 1.19 bits per heavy atom. The van der Waals surface area contributed by atoms with Gasteiger partial charge in [0.2, 0.25) is 0 Å². The molecule has 0 aliphatic rings. The van der Waals surface area contributed by atoms with Crippen LogP contribution in [0, 0.1) is 5.92 Å². The summed E-state index contributed by atoms with van der Waals surface area (Å²) in [7, 11) is 0. The van der Waals surface area contributed by atoms with Crippen molar-refractivity contribution in [2.75, 3.05) is 13.2 Å². The van der Waals surface area contributed by atoms with Crippen LogP contribution in [-0.2, 0) is 0 Å². The molecule has 2 atom stereocenters. The Labute approximate surface area is 127 Å². The predicted octanol–water partition coefficient (Wildman–Crippen LogP) is 2.59. The number of aliphatic hydroxyl groups excluding tert-OH is 2. The number of hydrogen-bond acceptors (Lipinski definition) is 4. The van der Waals surface area contributed by atoms with E-state index >= 15 is 0 Å². The number of hydrogen-bond donors (Lipinski definition) is 3. The molecule has 120 valence electrons. The second-order valence-corrected chi connectivity index (χ2v) is 6.28. The molecule has 4 N–H and O–H groups in total. The quantitative estimate of drug-likeness (QED) is 0.689. The number of benzene rings is 1. The van der Waals surface area contributed by atoms with Crippen LogP contribution in [-0.4, -0.2) is 29.5 Å². The third-order valence-corrected chi connectivity index (χ3v) is 3.44. The first-order chi connectivity index (χ1) is 9.86. The van der Waals surface area contributed by atoms with Gasteiger partial charge >= 0.3 is 0 Å². The highest BCUT2D eigenvalue weighted by molar-refractivity contribution is 5.40. The maximum absolute atomic E-state index is 10.3. The summed E-state index contributed by atoms with van der Waals surface area (Å²) in [6.07, 6.45) is -0.391. The van der Waals surface area contributed by atoms with E-state index in [0.29, 0.717) is 24.9 Å². The minimum absolute atomic E-state index is 0.0230. The molecule has 0 heterocycles. The normalized spacial score (nSPS) is 14.5.